The van der Waals surface area contributed by atoms with Gasteiger partial charge in [0, 0.05) is 6.20 Å². The maximum Gasteiger partial charge on any atom is 0.266 e. The van der Waals surface area contributed by atoms with E-state index in [1.54, 1.807) is 36.6 Å². The first-order valence-corrected chi connectivity index (χ1v) is 5.47. The van der Waals surface area contributed by atoms with Crippen LogP contribution in [0.5, 0.6) is 0 Å². The van der Waals surface area contributed by atoms with Crippen LogP contribution >= 0.6 is 0 Å². The average Bonchev–Trinajstić information content (AvgIpc) is 2.39. The second-order valence-electron chi connectivity index (χ2n) is 3.42. The molecule has 0 fully saturated rings. The molecule has 1 rings (SSSR count). The molecule has 0 saturated heterocycles. The van der Waals surface area contributed by atoms with Gasteiger partial charge in [-0.3, -0.25) is 4.79 Å². The normalized spacial score (nSPS) is 10.5. The predicted molar refractivity (Wildman–Crippen MR) is 73.1 cm³/mol. The highest BCUT2D eigenvalue weighted by Crippen LogP contribution is 1.99. The highest BCUT2D eigenvalue weighted by Gasteiger charge is 2.00. The summed E-state index contributed by atoms with van der Waals surface area (Å²) >= 11 is 0. The van der Waals surface area contributed by atoms with Crippen molar-refractivity contribution in [3.63, 3.8) is 0 Å². The molecule has 0 aromatic carbocycles. The molecule has 0 radical (unpaired) electrons. The molecule has 0 amide bonds. The van der Waals surface area contributed by atoms with Gasteiger partial charge in [-0.2, -0.15) is 0 Å². The number of hydrogen-bond acceptors (Lipinski definition) is 2. The predicted octanol–water partition coefficient (Wildman–Crippen LogP) is 2.10. The summed E-state index contributed by atoms with van der Waals surface area (Å²) in [7, 11) is 0. The summed E-state index contributed by atoms with van der Waals surface area (Å²) < 4.78 is 6.94. The first-order valence-electron chi connectivity index (χ1n) is 5.47. The number of terminal acetylenes is 1. The van der Waals surface area contributed by atoms with Gasteiger partial charge in [0.1, 0.15) is 12.4 Å². The van der Waals surface area contributed by atoms with Crippen LogP contribution in [0.25, 0.3) is 0 Å². The number of allylic oxidation sites excluding steroid dienone is 3. The molecular weight excluding hydrogens is 226 g/mol. The third kappa shape index (κ3) is 3.53. The maximum atomic E-state index is 11.8. The van der Waals surface area contributed by atoms with Crippen molar-refractivity contribution in [1.82, 2.24) is 4.57 Å². The first kappa shape index (κ1) is 13.6. The van der Waals surface area contributed by atoms with Crippen LogP contribution in [0.1, 0.15) is 5.56 Å². The van der Waals surface area contributed by atoms with Gasteiger partial charge >= 0.3 is 0 Å². The minimum Gasteiger partial charge on any atom is -0.492 e. The summed E-state index contributed by atoms with van der Waals surface area (Å²) in [6, 6.07) is 3.36. The Labute approximate surface area is 107 Å². The van der Waals surface area contributed by atoms with Crippen LogP contribution in [0.15, 0.2) is 60.3 Å². The highest BCUT2D eigenvalue weighted by molar-refractivity contribution is 5.28. The van der Waals surface area contributed by atoms with Gasteiger partial charge in [0.15, 0.2) is 0 Å². The molecule has 0 atom stereocenters. The van der Waals surface area contributed by atoms with Crippen molar-refractivity contribution in [2.24, 2.45) is 0 Å². The Kier molecular flexibility index (Phi) is 5.27. The number of rotatable bonds is 6. The summed E-state index contributed by atoms with van der Waals surface area (Å²) in [5, 5.41) is 0. The second kappa shape index (κ2) is 6.97. The molecule has 0 aliphatic heterocycles. The summed E-state index contributed by atoms with van der Waals surface area (Å²) in [4.78, 5) is 11.8. The van der Waals surface area contributed by atoms with E-state index in [4.69, 9.17) is 11.2 Å². The Balaban J connectivity index is 2.68. The first-order chi connectivity index (χ1) is 8.72. The molecule has 18 heavy (non-hydrogen) atoms. The molecule has 0 spiro atoms. The largest absolute Gasteiger partial charge is 0.492 e. The molecule has 0 aliphatic rings. The van der Waals surface area contributed by atoms with Gasteiger partial charge in [-0.05, 0) is 24.3 Å². The minimum atomic E-state index is -0.184. The molecule has 0 unspecified atom stereocenters. The summed E-state index contributed by atoms with van der Waals surface area (Å²) in [6.07, 6.45) is 11.8. The van der Waals surface area contributed by atoms with Gasteiger partial charge in [0.25, 0.3) is 5.56 Å². The minimum absolute atomic E-state index is 0.184. The average molecular weight is 241 g/mol. The van der Waals surface area contributed by atoms with Crippen LogP contribution in [-0.2, 0) is 11.3 Å². The van der Waals surface area contributed by atoms with E-state index in [9.17, 15) is 4.79 Å². The smallest absolute Gasteiger partial charge is 0.266 e. The van der Waals surface area contributed by atoms with E-state index >= 15 is 0 Å². The van der Waals surface area contributed by atoms with Crippen LogP contribution in [0.2, 0.25) is 0 Å². The Morgan fingerprint density at radius 2 is 2.33 bits per heavy atom. The third-order valence-electron chi connectivity index (χ3n) is 2.26. The molecule has 0 aliphatic carbocycles. The summed E-state index contributed by atoms with van der Waals surface area (Å²) in [6.45, 7) is 7.97. The molecule has 1 heterocycles. The van der Waals surface area contributed by atoms with Crippen molar-refractivity contribution in [3.05, 3.63) is 71.4 Å². The fraction of sp³-hybridized carbons (Fsp3) is 0.133. The molecule has 0 bridgehead atoms. The van der Waals surface area contributed by atoms with E-state index in [1.807, 2.05) is 0 Å². The van der Waals surface area contributed by atoms with Gasteiger partial charge in [0.05, 0.1) is 12.1 Å². The Morgan fingerprint density at radius 3 is 2.94 bits per heavy atom. The van der Waals surface area contributed by atoms with E-state index in [-0.39, 0.29) is 5.56 Å². The van der Waals surface area contributed by atoms with Gasteiger partial charge < -0.3 is 9.30 Å². The SMILES string of the molecule is C#Cc1cccn(CCO/C(C=C)=C/C=C)c1=O. The van der Waals surface area contributed by atoms with Crippen molar-refractivity contribution in [1.29, 1.82) is 0 Å². The van der Waals surface area contributed by atoms with Crippen LogP contribution in [0.4, 0.5) is 0 Å². The second-order valence-corrected chi connectivity index (χ2v) is 3.42. The van der Waals surface area contributed by atoms with Crippen molar-refractivity contribution < 1.29 is 4.74 Å². The van der Waals surface area contributed by atoms with Gasteiger partial charge in [-0.1, -0.05) is 25.2 Å². The molecule has 3 nitrogen and oxygen atoms in total. The monoisotopic (exact) mass is 241 g/mol. The van der Waals surface area contributed by atoms with Gasteiger partial charge in [-0.25, -0.2) is 0 Å². The maximum absolute atomic E-state index is 11.8. The number of aromatic nitrogens is 1. The van der Waals surface area contributed by atoms with E-state index in [1.165, 1.54) is 4.57 Å². The van der Waals surface area contributed by atoms with E-state index in [0.717, 1.165) is 0 Å². The Hall–Kier alpha value is -2.47. The van der Waals surface area contributed by atoms with Gasteiger partial charge in [-0.15, -0.1) is 6.42 Å². The quantitative estimate of drug-likeness (QED) is 0.434. The topological polar surface area (TPSA) is 31.2 Å². The van der Waals surface area contributed by atoms with Crippen molar-refractivity contribution in [2.45, 2.75) is 6.54 Å². The van der Waals surface area contributed by atoms with Crippen molar-refractivity contribution >= 4 is 0 Å². The Morgan fingerprint density at radius 1 is 1.56 bits per heavy atom. The third-order valence-corrected chi connectivity index (χ3v) is 2.26. The lowest BCUT2D eigenvalue weighted by Gasteiger charge is -2.08. The summed E-state index contributed by atoms with van der Waals surface area (Å²) in [5.74, 6) is 2.97. The molecule has 3 heteroatoms. The van der Waals surface area contributed by atoms with Crippen LogP contribution < -0.4 is 5.56 Å². The molecular formula is C15H15NO2. The van der Waals surface area contributed by atoms with Crippen LogP contribution in [-0.4, -0.2) is 11.2 Å². The number of nitrogens with zero attached hydrogens (tertiary/aromatic N) is 1. The lowest BCUT2D eigenvalue weighted by Crippen LogP contribution is -2.23. The fourth-order valence-electron chi connectivity index (χ4n) is 1.38. The highest BCUT2D eigenvalue weighted by atomic mass is 16.5. The summed E-state index contributed by atoms with van der Waals surface area (Å²) in [5.41, 5.74) is 0.166. The lowest BCUT2D eigenvalue weighted by atomic mass is 10.3. The van der Waals surface area contributed by atoms with Crippen molar-refractivity contribution in [3.8, 4) is 12.3 Å². The van der Waals surface area contributed by atoms with E-state index in [0.29, 0.717) is 24.5 Å². The zero-order valence-corrected chi connectivity index (χ0v) is 10.1. The van der Waals surface area contributed by atoms with Crippen LogP contribution in [0, 0.1) is 12.3 Å². The lowest BCUT2D eigenvalue weighted by molar-refractivity contribution is 0.211. The van der Waals surface area contributed by atoms with Crippen LogP contribution in [0.3, 0.4) is 0 Å². The molecule has 1 aromatic rings. The van der Waals surface area contributed by atoms with Gasteiger partial charge in [0.2, 0.25) is 0 Å². The number of hydrogen-bond donors (Lipinski definition) is 0. The standard InChI is InChI=1S/C15H15NO2/c1-4-8-14(6-3)18-12-11-16-10-7-9-13(5-2)15(16)17/h2,4,6-10H,1,3,11-12H2/b14-8+. The van der Waals surface area contributed by atoms with Crippen molar-refractivity contribution in [2.75, 3.05) is 6.61 Å². The zero-order valence-electron chi connectivity index (χ0n) is 10.1. The molecule has 0 saturated carbocycles. The Bertz CT molecular complexity index is 559. The number of ether oxygens (including phenoxy) is 1. The molecule has 1 aromatic heterocycles. The van der Waals surface area contributed by atoms with E-state index in [2.05, 4.69) is 19.1 Å². The fourth-order valence-corrected chi connectivity index (χ4v) is 1.38. The molecule has 92 valence electrons. The van der Waals surface area contributed by atoms with E-state index < -0.39 is 0 Å². The molecule has 0 N–H and O–H groups in total. The zero-order chi connectivity index (χ0) is 13.4. The number of pyridine rings is 1.